The molecule has 0 atom stereocenters. The van der Waals surface area contributed by atoms with Gasteiger partial charge in [-0.25, -0.2) is 0 Å². The maximum Gasteiger partial charge on any atom is 0.265 e. The molecule has 0 spiro atoms. The van der Waals surface area contributed by atoms with Crippen molar-refractivity contribution in [1.29, 1.82) is 0 Å². The molecule has 0 saturated carbocycles. The summed E-state index contributed by atoms with van der Waals surface area (Å²) in [6, 6.07) is 5.88. The van der Waals surface area contributed by atoms with Crippen molar-refractivity contribution in [1.82, 2.24) is 4.57 Å². The second-order valence-electron chi connectivity index (χ2n) is 5.63. The zero-order valence-electron chi connectivity index (χ0n) is 12.9. The van der Waals surface area contributed by atoms with Gasteiger partial charge in [0.2, 0.25) is 5.88 Å². The van der Waals surface area contributed by atoms with E-state index in [4.69, 9.17) is 0 Å². The molecule has 5 heteroatoms. The zero-order valence-corrected chi connectivity index (χ0v) is 12.9. The fourth-order valence-electron chi connectivity index (χ4n) is 2.35. The summed E-state index contributed by atoms with van der Waals surface area (Å²) in [7, 11) is 0. The highest BCUT2D eigenvalue weighted by atomic mass is 16.3. The van der Waals surface area contributed by atoms with E-state index >= 15 is 0 Å². The third-order valence-corrected chi connectivity index (χ3v) is 3.33. The number of hydrogen-bond acceptors (Lipinski definition) is 3. The number of carbonyl (C=O) groups excluding carboxylic acids is 1. The van der Waals surface area contributed by atoms with Crippen molar-refractivity contribution in [3.05, 3.63) is 23.8 Å². The van der Waals surface area contributed by atoms with Gasteiger partial charge in [-0.2, -0.15) is 0 Å². The lowest BCUT2D eigenvalue weighted by Gasteiger charge is -2.01. The van der Waals surface area contributed by atoms with Gasteiger partial charge < -0.3 is 9.67 Å². The van der Waals surface area contributed by atoms with Crippen LogP contribution in [0.3, 0.4) is 0 Å². The van der Waals surface area contributed by atoms with Crippen LogP contribution in [0.25, 0.3) is 10.9 Å². The smallest absolute Gasteiger partial charge is 0.265 e. The van der Waals surface area contributed by atoms with Gasteiger partial charge in [-0.05, 0) is 31.9 Å². The van der Waals surface area contributed by atoms with E-state index in [1.807, 2.05) is 45.9 Å². The summed E-state index contributed by atoms with van der Waals surface area (Å²) < 4.78 is 1.76. The maximum absolute atomic E-state index is 11.7. The molecule has 2 aromatic rings. The van der Waals surface area contributed by atoms with Crippen LogP contribution in [0.4, 0.5) is 5.69 Å². The number of nitrogens with zero attached hydrogens (tertiary/aromatic N) is 3. The highest BCUT2D eigenvalue weighted by molar-refractivity contribution is 5.95. The predicted octanol–water partition coefficient (Wildman–Crippen LogP) is 4.33. The molecule has 5 nitrogen and oxygen atoms in total. The Labute approximate surface area is 124 Å². The Balaban J connectivity index is 2.48. The first-order valence-electron chi connectivity index (χ1n) is 7.20. The fraction of sp³-hybridized carbons (Fsp3) is 0.438. The number of amides is 1. The molecule has 1 heterocycles. The summed E-state index contributed by atoms with van der Waals surface area (Å²) in [6.45, 7) is 8.46. The average molecular weight is 287 g/mol. The second kappa shape index (κ2) is 6.08. The van der Waals surface area contributed by atoms with Crippen LogP contribution in [-0.4, -0.2) is 15.6 Å². The standard InChI is InChI=1S/C16H21N3O2/c1-5-19-13-7-6-11(4)9-12(13)15(16(19)21)18-17-14(20)8-10(2)3/h6-7,9-10,21H,5,8H2,1-4H3. The predicted molar refractivity (Wildman–Crippen MR) is 83.0 cm³/mol. The van der Waals surface area contributed by atoms with E-state index in [0.717, 1.165) is 16.5 Å². The normalized spacial score (nSPS) is 11.9. The molecule has 1 amide bonds. The van der Waals surface area contributed by atoms with Gasteiger partial charge in [0.1, 0.15) is 0 Å². The molecule has 2 rings (SSSR count). The number of hydrogen-bond donors (Lipinski definition) is 1. The van der Waals surface area contributed by atoms with Crippen molar-refractivity contribution in [2.24, 2.45) is 16.1 Å². The molecule has 112 valence electrons. The number of rotatable bonds is 4. The van der Waals surface area contributed by atoms with E-state index in [1.165, 1.54) is 0 Å². The summed E-state index contributed by atoms with van der Waals surface area (Å²) in [5, 5.41) is 18.8. The number of azo groups is 1. The van der Waals surface area contributed by atoms with Crippen molar-refractivity contribution < 1.29 is 9.90 Å². The molecule has 0 unspecified atom stereocenters. The summed E-state index contributed by atoms with van der Waals surface area (Å²) in [4.78, 5) is 11.7. The van der Waals surface area contributed by atoms with Crippen molar-refractivity contribution in [3.63, 3.8) is 0 Å². The molecule has 0 fully saturated rings. The molecule has 0 bridgehead atoms. The Bertz CT molecular complexity index is 699. The molecule has 0 radical (unpaired) electrons. The van der Waals surface area contributed by atoms with Gasteiger partial charge in [0.15, 0.2) is 5.69 Å². The van der Waals surface area contributed by atoms with E-state index in [9.17, 15) is 9.90 Å². The number of benzene rings is 1. The highest BCUT2D eigenvalue weighted by Gasteiger charge is 2.16. The van der Waals surface area contributed by atoms with Crippen LogP contribution in [0.1, 0.15) is 32.8 Å². The average Bonchev–Trinajstić information content (AvgIpc) is 2.66. The molecule has 1 N–H and O–H groups in total. The molecule has 1 aromatic carbocycles. The third kappa shape index (κ3) is 3.12. The van der Waals surface area contributed by atoms with Crippen molar-refractivity contribution in [3.8, 4) is 5.88 Å². The SMILES string of the molecule is CCn1c(O)c(N=NC(=O)CC(C)C)c2cc(C)ccc21. The Morgan fingerprint density at radius 2 is 2.10 bits per heavy atom. The van der Waals surface area contributed by atoms with E-state index in [0.29, 0.717) is 18.7 Å². The van der Waals surface area contributed by atoms with Crippen molar-refractivity contribution >= 4 is 22.5 Å². The number of aromatic nitrogens is 1. The molecule has 1 aromatic heterocycles. The highest BCUT2D eigenvalue weighted by Crippen LogP contribution is 2.39. The maximum atomic E-state index is 11.7. The number of aromatic hydroxyl groups is 1. The molecule has 0 aliphatic rings. The fourth-order valence-corrected chi connectivity index (χ4v) is 2.35. The molecular weight excluding hydrogens is 266 g/mol. The van der Waals surface area contributed by atoms with E-state index < -0.39 is 0 Å². The Hall–Kier alpha value is -2.17. The number of fused-ring (bicyclic) bond motifs is 1. The Morgan fingerprint density at radius 1 is 1.38 bits per heavy atom. The largest absolute Gasteiger partial charge is 0.493 e. The van der Waals surface area contributed by atoms with Crippen LogP contribution in [0.2, 0.25) is 0 Å². The van der Waals surface area contributed by atoms with Gasteiger partial charge in [-0.1, -0.05) is 25.5 Å². The Morgan fingerprint density at radius 3 is 2.71 bits per heavy atom. The number of aryl methyl sites for hydroxylation is 2. The molecule has 21 heavy (non-hydrogen) atoms. The van der Waals surface area contributed by atoms with Crippen LogP contribution >= 0.6 is 0 Å². The minimum absolute atomic E-state index is 0.0548. The lowest BCUT2D eigenvalue weighted by Crippen LogP contribution is -1.97. The second-order valence-corrected chi connectivity index (χ2v) is 5.63. The van der Waals surface area contributed by atoms with Crippen molar-refractivity contribution in [2.45, 2.75) is 40.7 Å². The molecule has 0 saturated heterocycles. The van der Waals surface area contributed by atoms with Gasteiger partial charge in [-0.15, -0.1) is 10.2 Å². The van der Waals surface area contributed by atoms with Gasteiger partial charge in [0.05, 0.1) is 5.52 Å². The molecule has 0 aliphatic carbocycles. The zero-order chi connectivity index (χ0) is 15.6. The van der Waals surface area contributed by atoms with E-state index in [-0.39, 0.29) is 17.7 Å². The van der Waals surface area contributed by atoms with E-state index in [2.05, 4.69) is 10.2 Å². The first kappa shape index (κ1) is 15.2. The first-order chi connectivity index (χ1) is 9.93. The molecular formula is C16H21N3O2. The van der Waals surface area contributed by atoms with Crippen molar-refractivity contribution in [2.75, 3.05) is 0 Å². The summed E-state index contributed by atoms with van der Waals surface area (Å²) in [5.74, 6) is 0.0259. The van der Waals surface area contributed by atoms with Gasteiger partial charge in [0, 0.05) is 18.4 Å². The van der Waals surface area contributed by atoms with Crippen LogP contribution in [-0.2, 0) is 11.3 Å². The molecule has 0 aliphatic heterocycles. The van der Waals surface area contributed by atoms with Gasteiger partial charge >= 0.3 is 0 Å². The minimum atomic E-state index is -0.269. The monoisotopic (exact) mass is 287 g/mol. The van der Waals surface area contributed by atoms with E-state index in [1.54, 1.807) is 4.57 Å². The quantitative estimate of drug-likeness (QED) is 0.850. The summed E-state index contributed by atoms with van der Waals surface area (Å²) in [5.41, 5.74) is 2.33. The third-order valence-electron chi connectivity index (χ3n) is 3.33. The number of carbonyl (C=O) groups is 1. The topological polar surface area (TPSA) is 66.9 Å². The lowest BCUT2D eigenvalue weighted by atomic mass is 10.1. The first-order valence-corrected chi connectivity index (χ1v) is 7.20. The summed E-state index contributed by atoms with van der Waals surface area (Å²) in [6.07, 6.45) is 0.357. The van der Waals surface area contributed by atoms with Gasteiger partial charge in [0.25, 0.3) is 5.91 Å². The van der Waals surface area contributed by atoms with Gasteiger partial charge in [-0.3, -0.25) is 4.79 Å². The minimum Gasteiger partial charge on any atom is -0.493 e. The van der Waals surface area contributed by atoms with Crippen LogP contribution in [0.5, 0.6) is 5.88 Å². The Kier molecular flexibility index (Phi) is 4.40. The van der Waals surface area contributed by atoms with Crippen LogP contribution in [0, 0.1) is 12.8 Å². The lowest BCUT2D eigenvalue weighted by molar-refractivity contribution is -0.118. The van der Waals surface area contributed by atoms with Crippen LogP contribution < -0.4 is 0 Å². The summed E-state index contributed by atoms with van der Waals surface area (Å²) >= 11 is 0. The van der Waals surface area contributed by atoms with Crippen LogP contribution in [0.15, 0.2) is 28.4 Å².